The van der Waals surface area contributed by atoms with Crippen molar-refractivity contribution in [2.24, 2.45) is 0 Å². The number of aliphatic hydroxyl groups excluding tert-OH is 2. The molecule has 0 saturated carbocycles. The first-order valence-electron chi connectivity index (χ1n) is 21.5. The number of carbonyl (C=O) groups is 12. The molecule has 5 atom stereocenters. The first-order valence-corrected chi connectivity index (χ1v) is 21.5. The van der Waals surface area contributed by atoms with Crippen LogP contribution in [0, 0.1) is 0 Å². The second kappa shape index (κ2) is 30.9. The molecule has 1 aliphatic heterocycles. The molecule has 0 aromatic rings. The molecule has 14 N–H and O–H groups in total. The van der Waals surface area contributed by atoms with Crippen molar-refractivity contribution >= 4 is 71.1 Å². The Morgan fingerprint density at radius 3 is 1.04 bits per heavy atom. The fourth-order valence-corrected chi connectivity index (χ4v) is 6.21. The summed E-state index contributed by atoms with van der Waals surface area (Å²) in [5, 5.41) is 91.9. The van der Waals surface area contributed by atoms with E-state index in [1.807, 2.05) is 0 Å². The molecule has 1 saturated heterocycles. The van der Waals surface area contributed by atoms with Crippen LogP contribution in [0.1, 0.15) is 78.6 Å². The Bertz CT molecular complexity index is 2040. The standard InChI is InChI=1S/C41H61N9O20/c1-22(16-34(57)58)13-31(54)48(68)10-4-7-25-38(64)44-26(8-5-11-49(69)32(55)14-23(2)17-35(59)60)39(65)45-27(9-6-12-50(70)33(56)15-24(3)18-36(61)62)40(66)47-29(21-52)41(67)46-28(20-51)37(63)42-19-30(53)43-25/h13-15,25-29,51-52,68-70H,4-12,16-21H2,1-3H3,(H,42,63)(H,43,53)(H,44,64)(H,45,65)(H,46,67)(H,47,66)(H,57,58)(H,59,60)(H,61,62)/b22-13+,23-14+,24-15-. The minimum absolute atomic E-state index is 0.0649. The smallest absolute Gasteiger partial charge is 0.307 e. The van der Waals surface area contributed by atoms with E-state index in [-0.39, 0.29) is 51.2 Å². The van der Waals surface area contributed by atoms with Crippen LogP contribution >= 0.6 is 0 Å². The summed E-state index contributed by atoms with van der Waals surface area (Å²) in [5.41, 5.74) is 0.211. The highest BCUT2D eigenvalue weighted by Gasteiger charge is 2.33. The van der Waals surface area contributed by atoms with Gasteiger partial charge in [0, 0.05) is 37.9 Å². The number of carboxylic acid groups (broad SMARTS) is 3. The zero-order valence-corrected chi connectivity index (χ0v) is 38.5. The van der Waals surface area contributed by atoms with Crippen LogP contribution in [0.2, 0.25) is 0 Å². The highest BCUT2D eigenvalue weighted by atomic mass is 16.5. The Kier molecular flexibility index (Phi) is 26.8. The average Bonchev–Trinajstić information content (AvgIpc) is 3.26. The van der Waals surface area contributed by atoms with E-state index in [4.69, 9.17) is 15.3 Å². The molecular formula is C41H61N9O20. The van der Waals surface area contributed by atoms with Crippen molar-refractivity contribution < 1.29 is 98.7 Å². The molecule has 5 unspecified atom stereocenters. The molecule has 0 aromatic carbocycles. The Hall–Kier alpha value is -7.34. The number of amides is 9. The first-order chi connectivity index (χ1) is 32.8. The van der Waals surface area contributed by atoms with Crippen molar-refractivity contribution in [3.63, 3.8) is 0 Å². The van der Waals surface area contributed by atoms with Crippen molar-refractivity contribution in [2.45, 2.75) is 109 Å². The normalized spacial score (nSPS) is 20.2. The van der Waals surface area contributed by atoms with E-state index < -0.39 is 179 Å². The van der Waals surface area contributed by atoms with Gasteiger partial charge < -0.3 is 57.4 Å². The third kappa shape index (κ3) is 23.6. The predicted molar refractivity (Wildman–Crippen MR) is 233 cm³/mol. The molecule has 0 bridgehead atoms. The zero-order valence-electron chi connectivity index (χ0n) is 38.5. The Balaban J connectivity index is 3.72. The lowest BCUT2D eigenvalue weighted by molar-refractivity contribution is -0.160. The molecule has 0 radical (unpaired) electrons. The molecule has 0 aromatic heterocycles. The van der Waals surface area contributed by atoms with Gasteiger partial charge in [-0.15, -0.1) is 0 Å². The van der Waals surface area contributed by atoms with Crippen molar-refractivity contribution in [1.82, 2.24) is 47.1 Å². The van der Waals surface area contributed by atoms with E-state index in [0.717, 1.165) is 18.2 Å². The zero-order chi connectivity index (χ0) is 53.2. The number of hydrogen-bond acceptors (Lipinski definition) is 17. The molecule has 9 amide bonds. The van der Waals surface area contributed by atoms with Crippen molar-refractivity contribution in [3.05, 3.63) is 34.9 Å². The van der Waals surface area contributed by atoms with E-state index in [1.54, 1.807) is 0 Å². The average molecular weight is 1000 g/mol. The van der Waals surface area contributed by atoms with Gasteiger partial charge in [0.25, 0.3) is 17.7 Å². The van der Waals surface area contributed by atoms with Crippen LogP contribution in [0.15, 0.2) is 34.9 Å². The van der Waals surface area contributed by atoms with Gasteiger partial charge in [-0.2, -0.15) is 0 Å². The van der Waals surface area contributed by atoms with Crippen LogP contribution in [0.4, 0.5) is 0 Å². The molecule has 29 heteroatoms. The van der Waals surface area contributed by atoms with Crippen LogP contribution < -0.4 is 31.9 Å². The van der Waals surface area contributed by atoms with E-state index in [1.165, 1.54) is 20.8 Å². The minimum atomic E-state index is -1.86. The maximum Gasteiger partial charge on any atom is 0.307 e. The molecule has 0 aliphatic carbocycles. The molecular weight excluding hydrogens is 938 g/mol. The maximum absolute atomic E-state index is 14.1. The van der Waals surface area contributed by atoms with Crippen LogP contribution in [0.25, 0.3) is 0 Å². The Morgan fingerprint density at radius 2 is 0.743 bits per heavy atom. The van der Waals surface area contributed by atoms with Crippen LogP contribution in [0.3, 0.4) is 0 Å². The maximum atomic E-state index is 14.1. The number of hydrogen-bond donors (Lipinski definition) is 14. The molecule has 1 heterocycles. The summed E-state index contributed by atoms with van der Waals surface area (Å²) in [6.45, 7) is -0.721. The number of nitrogens with zero attached hydrogens (tertiary/aromatic N) is 3. The lowest BCUT2D eigenvalue weighted by Gasteiger charge is -2.28. The van der Waals surface area contributed by atoms with E-state index in [9.17, 15) is 83.4 Å². The number of rotatable bonds is 23. The summed E-state index contributed by atoms with van der Waals surface area (Å²) in [6, 6.07) is -8.76. The summed E-state index contributed by atoms with van der Waals surface area (Å²) in [7, 11) is 0. The van der Waals surface area contributed by atoms with Crippen molar-refractivity contribution in [3.8, 4) is 0 Å². The van der Waals surface area contributed by atoms with Gasteiger partial charge in [0.1, 0.15) is 30.2 Å². The monoisotopic (exact) mass is 999 g/mol. The fraction of sp³-hybridized carbons (Fsp3) is 0.561. The van der Waals surface area contributed by atoms with Gasteiger partial charge >= 0.3 is 17.9 Å². The Morgan fingerprint density at radius 1 is 0.471 bits per heavy atom. The summed E-state index contributed by atoms with van der Waals surface area (Å²) >= 11 is 0. The Labute approximate surface area is 399 Å². The van der Waals surface area contributed by atoms with Crippen LogP contribution in [-0.2, 0) is 57.5 Å². The van der Waals surface area contributed by atoms with Crippen molar-refractivity contribution in [1.29, 1.82) is 0 Å². The van der Waals surface area contributed by atoms with Gasteiger partial charge in [-0.25, -0.2) is 15.2 Å². The van der Waals surface area contributed by atoms with Gasteiger partial charge in [0.05, 0.1) is 39.0 Å². The number of carboxylic acids is 3. The van der Waals surface area contributed by atoms with E-state index in [2.05, 4.69) is 31.9 Å². The topological polar surface area (TPSA) is 449 Å². The molecule has 1 fully saturated rings. The van der Waals surface area contributed by atoms with Crippen LogP contribution in [0.5, 0.6) is 0 Å². The number of hydroxylamine groups is 6. The SMILES string of the molecule is C/C(=C/C(=O)N(O)CCCC1NC(=O)C(CCCN(O)C(=O)/C=C(\C)CC(=O)O)NC(=O)C(CCCN(O)C(=O)/C=C(\C)CC(=O)O)NC(=O)CNC(=O)C(CO)NC(=O)C(CO)NC1=O)CC(=O)O. The predicted octanol–water partition coefficient (Wildman–Crippen LogP) is -4.22. The number of aliphatic hydroxyl groups is 2. The lowest BCUT2D eigenvalue weighted by Crippen LogP contribution is -2.61. The molecule has 0 spiro atoms. The third-order valence-electron chi connectivity index (χ3n) is 9.72. The molecule has 70 heavy (non-hydrogen) atoms. The highest BCUT2D eigenvalue weighted by Crippen LogP contribution is 2.10. The summed E-state index contributed by atoms with van der Waals surface area (Å²) in [6.07, 6.45) is -1.29. The molecule has 29 nitrogen and oxygen atoms in total. The number of carbonyl (C=O) groups excluding carboxylic acids is 9. The summed E-state index contributed by atoms with van der Waals surface area (Å²) in [5.74, 6) is -13.8. The largest absolute Gasteiger partial charge is 0.481 e. The molecule has 390 valence electrons. The van der Waals surface area contributed by atoms with E-state index in [0.29, 0.717) is 0 Å². The van der Waals surface area contributed by atoms with E-state index >= 15 is 0 Å². The first kappa shape index (κ1) is 60.7. The molecule has 1 aliphatic rings. The lowest BCUT2D eigenvalue weighted by atomic mass is 10.0. The molecule has 1 rings (SSSR count). The number of nitrogens with one attached hydrogen (secondary N) is 6. The summed E-state index contributed by atoms with van der Waals surface area (Å²) in [4.78, 5) is 152. The van der Waals surface area contributed by atoms with Crippen LogP contribution in [-0.4, -0.2) is 197 Å². The van der Waals surface area contributed by atoms with Gasteiger partial charge in [0.15, 0.2) is 0 Å². The van der Waals surface area contributed by atoms with Gasteiger partial charge in [-0.1, -0.05) is 16.7 Å². The second-order valence-electron chi connectivity index (χ2n) is 15.9. The minimum Gasteiger partial charge on any atom is -0.481 e. The summed E-state index contributed by atoms with van der Waals surface area (Å²) < 4.78 is 0. The van der Waals surface area contributed by atoms with Gasteiger partial charge in [0.2, 0.25) is 35.4 Å². The van der Waals surface area contributed by atoms with Gasteiger partial charge in [-0.3, -0.25) is 73.2 Å². The third-order valence-corrected chi connectivity index (χ3v) is 9.72. The van der Waals surface area contributed by atoms with Crippen molar-refractivity contribution in [2.75, 3.05) is 39.4 Å². The number of aliphatic carboxylic acids is 3. The highest BCUT2D eigenvalue weighted by molar-refractivity contribution is 5.98. The van der Waals surface area contributed by atoms with Gasteiger partial charge in [-0.05, 0) is 59.3 Å². The quantitative estimate of drug-likeness (QED) is 0.0262. The fourth-order valence-electron chi connectivity index (χ4n) is 6.21. The second-order valence-corrected chi connectivity index (χ2v) is 15.9.